The summed E-state index contributed by atoms with van der Waals surface area (Å²) in [7, 11) is 0. The van der Waals surface area contributed by atoms with Crippen LogP contribution < -0.4 is 11.1 Å². The predicted octanol–water partition coefficient (Wildman–Crippen LogP) is 12.8. The van der Waals surface area contributed by atoms with Gasteiger partial charge in [0.1, 0.15) is 5.58 Å². The molecule has 0 unspecified atom stereocenters. The fraction of sp³-hybridized carbons (Fsp3) is 0. The molecule has 0 aliphatic carbocycles. The van der Waals surface area contributed by atoms with Gasteiger partial charge in [0.15, 0.2) is 5.58 Å². The average molecular weight is 681 g/mol. The van der Waals surface area contributed by atoms with Gasteiger partial charge >= 0.3 is 0 Å². The number of nitrogens with one attached hydrogen (secondary N) is 1. The Labute approximate surface area is 304 Å². The number of nitrogens with two attached hydrogens (primary N) is 1. The first-order chi connectivity index (χ1) is 26.2. The number of rotatable bonds is 5. The number of fused-ring (bicyclic) bond motifs is 9. The SMILES string of the molecule is Nc1ccccc1Nc1cc(-n2c3ccccc3c3ccccc32)cc2c1oc1ccc(-c3cccc(-n4c5ccccc5c5ccccc54)c3)cc12. The van der Waals surface area contributed by atoms with Crippen molar-refractivity contribution < 1.29 is 4.42 Å². The minimum Gasteiger partial charge on any atom is -0.454 e. The van der Waals surface area contributed by atoms with Gasteiger partial charge in [-0.2, -0.15) is 0 Å². The first-order valence-corrected chi connectivity index (χ1v) is 17.9. The molecule has 0 aliphatic rings. The van der Waals surface area contributed by atoms with E-state index in [2.05, 4.69) is 166 Å². The number of nitrogens with zero attached hydrogens (tertiary/aromatic N) is 2. The summed E-state index contributed by atoms with van der Waals surface area (Å²) in [5, 5.41) is 10.6. The van der Waals surface area contributed by atoms with Gasteiger partial charge in [-0.25, -0.2) is 0 Å². The zero-order valence-corrected chi connectivity index (χ0v) is 28.6. The van der Waals surface area contributed by atoms with E-state index < -0.39 is 0 Å². The van der Waals surface area contributed by atoms with Crippen LogP contribution in [0.5, 0.6) is 0 Å². The van der Waals surface area contributed by atoms with E-state index in [4.69, 9.17) is 10.2 Å². The fourth-order valence-electron chi connectivity index (χ4n) is 8.25. The molecule has 0 saturated heterocycles. The summed E-state index contributed by atoms with van der Waals surface area (Å²) in [4.78, 5) is 0. The third kappa shape index (κ3) is 4.51. The van der Waals surface area contributed by atoms with E-state index in [1.165, 1.54) is 32.6 Å². The molecule has 3 heterocycles. The van der Waals surface area contributed by atoms with Crippen molar-refractivity contribution in [2.75, 3.05) is 11.1 Å². The highest BCUT2D eigenvalue weighted by Crippen LogP contribution is 2.42. The maximum Gasteiger partial charge on any atom is 0.158 e. The van der Waals surface area contributed by atoms with E-state index in [-0.39, 0.29) is 0 Å². The molecule has 0 fully saturated rings. The molecule has 0 atom stereocenters. The number of aromatic nitrogens is 2. The van der Waals surface area contributed by atoms with E-state index in [1.54, 1.807) is 0 Å². The van der Waals surface area contributed by atoms with E-state index in [1.807, 2.05) is 24.3 Å². The second kappa shape index (κ2) is 11.4. The summed E-state index contributed by atoms with van der Waals surface area (Å²) in [6, 6.07) is 62.1. The van der Waals surface area contributed by atoms with Crippen molar-refractivity contribution in [3.05, 3.63) is 176 Å². The molecule has 0 amide bonds. The Morgan fingerprint density at radius 3 is 1.57 bits per heavy atom. The minimum atomic E-state index is 0.671. The Kier molecular flexibility index (Phi) is 6.34. The highest BCUT2D eigenvalue weighted by atomic mass is 16.3. The minimum absolute atomic E-state index is 0.671. The average Bonchev–Trinajstić information content (AvgIpc) is 3.86. The first-order valence-electron chi connectivity index (χ1n) is 17.9. The number of para-hydroxylation sites is 6. The number of hydrogen-bond acceptors (Lipinski definition) is 3. The van der Waals surface area contributed by atoms with Crippen molar-refractivity contribution in [1.29, 1.82) is 0 Å². The number of hydrogen-bond donors (Lipinski definition) is 2. The van der Waals surface area contributed by atoms with Crippen molar-refractivity contribution in [3.63, 3.8) is 0 Å². The molecular weight excluding hydrogens is 649 g/mol. The van der Waals surface area contributed by atoms with Gasteiger partial charge in [-0.15, -0.1) is 0 Å². The molecule has 5 nitrogen and oxygen atoms in total. The maximum atomic E-state index is 6.70. The molecule has 3 N–H and O–H groups in total. The van der Waals surface area contributed by atoms with E-state index in [0.717, 1.165) is 66.8 Å². The predicted molar refractivity (Wildman–Crippen MR) is 222 cm³/mol. The van der Waals surface area contributed by atoms with Crippen molar-refractivity contribution in [2.45, 2.75) is 0 Å². The van der Waals surface area contributed by atoms with Crippen LogP contribution in [0.4, 0.5) is 17.1 Å². The van der Waals surface area contributed by atoms with Crippen molar-refractivity contribution in [2.24, 2.45) is 0 Å². The van der Waals surface area contributed by atoms with Gasteiger partial charge in [0.05, 0.1) is 39.1 Å². The number of furan rings is 1. The molecule has 11 aromatic rings. The molecule has 8 aromatic carbocycles. The molecule has 0 bridgehead atoms. The van der Waals surface area contributed by atoms with Crippen LogP contribution in [0.25, 0.3) is 88.1 Å². The highest BCUT2D eigenvalue weighted by Gasteiger charge is 2.19. The number of nitrogen functional groups attached to an aromatic ring is 1. The van der Waals surface area contributed by atoms with Crippen LogP contribution in [0.15, 0.2) is 180 Å². The van der Waals surface area contributed by atoms with Crippen LogP contribution in [0, 0.1) is 0 Å². The van der Waals surface area contributed by atoms with Gasteiger partial charge < -0.3 is 24.6 Å². The van der Waals surface area contributed by atoms with Gasteiger partial charge in [0.2, 0.25) is 0 Å². The largest absolute Gasteiger partial charge is 0.454 e. The lowest BCUT2D eigenvalue weighted by Gasteiger charge is -2.14. The Morgan fingerprint density at radius 1 is 0.396 bits per heavy atom. The second-order valence-corrected chi connectivity index (χ2v) is 13.7. The van der Waals surface area contributed by atoms with Gasteiger partial charge in [-0.1, -0.05) is 103 Å². The quantitative estimate of drug-likeness (QED) is 0.178. The van der Waals surface area contributed by atoms with Crippen molar-refractivity contribution >= 4 is 82.6 Å². The summed E-state index contributed by atoms with van der Waals surface area (Å²) in [5.74, 6) is 0. The zero-order valence-electron chi connectivity index (χ0n) is 28.6. The van der Waals surface area contributed by atoms with Gasteiger partial charge in [-0.05, 0) is 83.9 Å². The third-order valence-electron chi connectivity index (χ3n) is 10.6. The van der Waals surface area contributed by atoms with E-state index >= 15 is 0 Å². The Hall–Kier alpha value is -7.24. The van der Waals surface area contributed by atoms with E-state index in [9.17, 15) is 0 Å². The summed E-state index contributed by atoms with van der Waals surface area (Å²) < 4.78 is 11.4. The molecule has 53 heavy (non-hydrogen) atoms. The smallest absolute Gasteiger partial charge is 0.158 e. The van der Waals surface area contributed by atoms with Crippen LogP contribution in [-0.4, -0.2) is 9.13 Å². The Bertz CT molecular complexity index is 3130. The highest BCUT2D eigenvalue weighted by molar-refractivity contribution is 6.14. The van der Waals surface area contributed by atoms with Gasteiger partial charge in [0, 0.05) is 43.7 Å². The normalized spacial score (nSPS) is 11.8. The summed E-state index contributed by atoms with van der Waals surface area (Å²) >= 11 is 0. The van der Waals surface area contributed by atoms with Crippen molar-refractivity contribution in [1.82, 2.24) is 9.13 Å². The van der Waals surface area contributed by atoms with Gasteiger partial charge in [0.25, 0.3) is 0 Å². The lowest BCUT2D eigenvalue weighted by atomic mass is 10.0. The molecule has 0 spiro atoms. The molecule has 250 valence electrons. The molecule has 0 aliphatic heterocycles. The third-order valence-corrected chi connectivity index (χ3v) is 10.6. The molecular formula is C48H32N4O. The maximum absolute atomic E-state index is 6.70. The van der Waals surface area contributed by atoms with Crippen LogP contribution in [0.3, 0.4) is 0 Å². The molecule has 3 aromatic heterocycles. The summed E-state index contributed by atoms with van der Waals surface area (Å²) in [6.45, 7) is 0. The van der Waals surface area contributed by atoms with Gasteiger partial charge in [-0.3, -0.25) is 0 Å². The van der Waals surface area contributed by atoms with Crippen molar-refractivity contribution in [3.8, 4) is 22.5 Å². The number of benzene rings is 8. The Morgan fingerprint density at radius 2 is 0.943 bits per heavy atom. The van der Waals surface area contributed by atoms with E-state index in [0.29, 0.717) is 5.69 Å². The lowest BCUT2D eigenvalue weighted by Crippen LogP contribution is -1.99. The standard InChI is InChI=1S/C48H32N4O/c49-40-18-5-6-19-41(40)50-42-29-33(52-45-22-9-3-16-36(45)37-17-4-10-23-46(37)52)28-39-38-27-31(24-25-47(38)53-48(39)42)30-12-11-13-32(26-30)51-43-20-7-1-14-34(43)35-15-2-8-21-44(35)51/h1-29,50H,49H2. The molecule has 11 rings (SSSR count). The monoisotopic (exact) mass is 680 g/mol. The summed E-state index contributed by atoms with van der Waals surface area (Å²) in [5.41, 5.74) is 19.5. The van der Waals surface area contributed by atoms with Crippen LogP contribution in [-0.2, 0) is 0 Å². The van der Waals surface area contributed by atoms with Crippen LogP contribution in [0.1, 0.15) is 0 Å². The Balaban J connectivity index is 1.13. The first kappa shape index (κ1) is 29.5. The molecule has 5 heteroatoms. The second-order valence-electron chi connectivity index (χ2n) is 13.7. The lowest BCUT2D eigenvalue weighted by molar-refractivity contribution is 0.670. The zero-order chi connectivity index (χ0) is 35.0. The van der Waals surface area contributed by atoms with Crippen LogP contribution >= 0.6 is 0 Å². The molecule has 0 radical (unpaired) electrons. The van der Waals surface area contributed by atoms with Crippen LogP contribution in [0.2, 0.25) is 0 Å². The topological polar surface area (TPSA) is 61.0 Å². The number of anilines is 3. The fourth-order valence-corrected chi connectivity index (χ4v) is 8.25. The summed E-state index contributed by atoms with van der Waals surface area (Å²) in [6.07, 6.45) is 0. The molecule has 0 saturated carbocycles.